The van der Waals surface area contributed by atoms with E-state index in [1.165, 1.54) is 0 Å². The Balaban J connectivity index is 1.57. The standard InChI is InChI=1S/C29H28BrN3O3/c1-21-7-5-10-23(17-21)27-26(29(36-31-27)32-13-15-35-16-14-32)20-33(19-22-8-3-2-4-9-22)28(34)24-11-6-12-25(30)18-24/h2-12,17-18H,13-16,19-20H2,1H3. The van der Waals surface area contributed by atoms with E-state index < -0.39 is 0 Å². The molecule has 2 heterocycles. The Morgan fingerprint density at radius 1 is 0.972 bits per heavy atom. The van der Waals surface area contributed by atoms with Gasteiger partial charge in [-0.05, 0) is 36.8 Å². The normalized spacial score (nSPS) is 13.6. The maximum atomic E-state index is 13.8. The summed E-state index contributed by atoms with van der Waals surface area (Å²) < 4.78 is 12.4. The molecule has 7 heteroatoms. The summed E-state index contributed by atoms with van der Waals surface area (Å²) in [5.74, 6) is 0.652. The monoisotopic (exact) mass is 545 g/mol. The van der Waals surface area contributed by atoms with Gasteiger partial charge in [-0.2, -0.15) is 0 Å². The molecule has 1 aliphatic heterocycles. The smallest absolute Gasteiger partial charge is 0.254 e. The van der Waals surface area contributed by atoms with E-state index in [1.54, 1.807) is 0 Å². The quantitative estimate of drug-likeness (QED) is 0.281. The van der Waals surface area contributed by atoms with Crippen molar-refractivity contribution in [3.05, 3.63) is 106 Å². The second kappa shape index (κ2) is 11.1. The molecule has 5 rings (SSSR count). The summed E-state index contributed by atoms with van der Waals surface area (Å²) in [6, 6.07) is 25.8. The van der Waals surface area contributed by atoms with Crippen molar-refractivity contribution in [2.24, 2.45) is 0 Å². The molecule has 1 aliphatic rings. The third-order valence-corrected chi connectivity index (χ3v) is 6.77. The molecule has 6 nitrogen and oxygen atoms in total. The average Bonchev–Trinajstić information content (AvgIpc) is 3.32. The zero-order valence-electron chi connectivity index (χ0n) is 20.2. The lowest BCUT2D eigenvalue weighted by atomic mass is 10.0. The number of carbonyl (C=O) groups excluding carboxylic acids is 1. The van der Waals surface area contributed by atoms with Crippen LogP contribution in [0.4, 0.5) is 5.88 Å². The van der Waals surface area contributed by atoms with Crippen LogP contribution in [0.25, 0.3) is 11.3 Å². The van der Waals surface area contributed by atoms with Gasteiger partial charge in [0.05, 0.1) is 25.3 Å². The lowest BCUT2D eigenvalue weighted by molar-refractivity contribution is 0.0729. The summed E-state index contributed by atoms with van der Waals surface area (Å²) in [4.78, 5) is 17.9. The lowest BCUT2D eigenvalue weighted by Gasteiger charge is -2.28. The zero-order chi connectivity index (χ0) is 24.9. The molecule has 0 spiro atoms. The van der Waals surface area contributed by atoms with Crippen molar-refractivity contribution in [3.8, 4) is 11.3 Å². The number of rotatable bonds is 7. The third kappa shape index (κ3) is 5.53. The number of hydrogen-bond donors (Lipinski definition) is 0. The Morgan fingerprint density at radius 2 is 1.75 bits per heavy atom. The highest BCUT2D eigenvalue weighted by molar-refractivity contribution is 9.10. The molecular weight excluding hydrogens is 518 g/mol. The van der Waals surface area contributed by atoms with Gasteiger partial charge in [0.15, 0.2) is 0 Å². The van der Waals surface area contributed by atoms with E-state index in [2.05, 4.69) is 45.0 Å². The fraction of sp³-hybridized carbons (Fsp3) is 0.241. The highest BCUT2D eigenvalue weighted by atomic mass is 79.9. The van der Waals surface area contributed by atoms with Gasteiger partial charge in [-0.1, -0.05) is 81.2 Å². The molecule has 0 unspecified atom stereocenters. The van der Waals surface area contributed by atoms with E-state index >= 15 is 0 Å². The Kier molecular flexibility index (Phi) is 7.49. The van der Waals surface area contributed by atoms with Crippen LogP contribution in [-0.2, 0) is 17.8 Å². The topological polar surface area (TPSA) is 58.8 Å². The van der Waals surface area contributed by atoms with Crippen LogP contribution in [-0.4, -0.2) is 42.3 Å². The van der Waals surface area contributed by atoms with Crippen molar-refractivity contribution >= 4 is 27.7 Å². The Labute approximate surface area is 219 Å². The van der Waals surface area contributed by atoms with Crippen LogP contribution in [0.3, 0.4) is 0 Å². The first-order valence-electron chi connectivity index (χ1n) is 12.1. The van der Waals surface area contributed by atoms with Gasteiger partial charge < -0.3 is 19.1 Å². The number of morpholine rings is 1. The fourth-order valence-corrected chi connectivity index (χ4v) is 4.87. The van der Waals surface area contributed by atoms with Crippen molar-refractivity contribution in [1.82, 2.24) is 10.1 Å². The zero-order valence-corrected chi connectivity index (χ0v) is 21.8. The molecular formula is C29H28BrN3O3. The summed E-state index contributed by atoms with van der Waals surface area (Å²) in [5.41, 5.74) is 5.47. The summed E-state index contributed by atoms with van der Waals surface area (Å²) in [7, 11) is 0. The fourth-order valence-electron chi connectivity index (χ4n) is 4.48. The maximum absolute atomic E-state index is 13.8. The van der Waals surface area contributed by atoms with Crippen molar-refractivity contribution in [2.45, 2.75) is 20.0 Å². The van der Waals surface area contributed by atoms with E-state index in [0.29, 0.717) is 50.8 Å². The first-order chi connectivity index (χ1) is 17.6. The van der Waals surface area contributed by atoms with Gasteiger partial charge in [-0.15, -0.1) is 0 Å². The van der Waals surface area contributed by atoms with Gasteiger partial charge in [-0.3, -0.25) is 4.79 Å². The molecule has 0 saturated carbocycles. The number of nitrogens with zero attached hydrogens (tertiary/aromatic N) is 3. The minimum Gasteiger partial charge on any atom is -0.378 e. The molecule has 1 fully saturated rings. The number of halogens is 1. The van der Waals surface area contributed by atoms with Crippen LogP contribution >= 0.6 is 15.9 Å². The summed E-state index contributed by atoms with van der Waals surface area (Å²) in [6.45, 7) is 5.58. The van der Waals surface area contributed by atoms with Gasteiger partial charge in [0, 0.05) is 35.2 Å². The molecule has 1 aromatic heterocycles. The van der Waals surface area contributed by atoms with Crippen molar-refractivity contribution in [3.63, 3.8) is 0 Å². The predicted octanol–water partition coefficient (Wildman–Crippen LogP) is 6.09. The van der Waals surface area contributed by atoms with Gasteiger partial charge in [0.25, 0.3) is 5.91 Å². The Morgan fingerprint density at radius 3 is 2.50 bits per heavy atom. The number of aryl methyl sites for hydroxylation is 1. The molecule has 0 radical (unpaired) electrons. The van der Waals surface area contributed by atoms with Gasteiger partial charge in [0.1, 0.15) is 5.69 Å². The maximum Gasteiger partial charge on any atom is 0.254 e. The second-order valence-electron chi connectivity index (χ2n) is 8.94. The Hall–Kier alpha value is -3.42. The van der Waals surface area contributed by atoms with Crippen molar-refractivity contribution in [2.75, 3.05) is 31.2 Å². The second-order valence-corrected chi connectivity index (χ2v) is 9.86. The third-order valence-electron chi connectivity index (χ3n) is 6.28. The van der Waals surface area contributed by atoms with E-state index in [-0.39, 0.29) is 5.91 Å². The number of aromatic nitrogens is 1. The van der Waals surface area contributed by atoms with Crippen LogP contribution in [0.5, 0.6) is 0 Å². The molecule has 0 N–H and O–H groups in total. The largest absolute Gasteiger partial charge is 0.378 e. The number of anilines is 1. The van der Waals surface area contributed by atoms with E-state index in [1.807, 2.05) is 71.6 Å². The molecule has 3 aromatic carbocycles. The van der Waals surface area contributed by atoms with Crippen molar-refractivity contribution < 1.29 is 14.1 Å². The molecule has 4 aromatic rings. The highest BCUT2D eigenvalue weighted by Crippen LogP contribution is 2.34. The number of benzene rings is 3. The molecule has 184 valence electrons. The summed E-state index contributed by atoms with van der Waals surface area (Å²) in [6.07, 6.45) is 0. The van der Waals surface area contributed by atoms with E-state index in [9.17, 15) is 4.79 Å². The molecule has 36 heavy (non-hydrogen) atoms. The minimum atomic E-state index is -0.0514. The molecule has 0 bridgehead atoms. The van der Waals surface area contributed by atoms with Gasteiger partial charge >= 0.3 is 0 Å². The van der Waals surface area contributed by atoms with Crippen LogP contribution < -0.4 is 4.90 Å². The summed E-state index contributed by atoms with van der Waals surface area (Å²) >= 11 is 3.51. The van der Waals surface area contributed by atoms with Crippen molar-refractivity contribution in [1.29, 1.82) is 0 Å². The Bertz CT molecular complexity index is 1330. The van der Waals surface area contributed by atoms with Crippen LogP contribution in [0, 0.1) is 6.92 Å². The molecule has 1 amide bonds. The summed E-state index contributed by atoms with van der Waals surface area (Å²) in [5, 5.41) is 4.51. The van der Waals surface area contributed by atoms with Crippen LogP contribution in [0.15, 0.2) is 87.9 Å². The first-order valence-corrected chi connectivity index (χ1v) is 12.8. The van der Waals surface area contributed by atoms with Gasteiger partial charge in [0.2, 0.25) is 5.88 Å². The average molecular weight is 546 g/mol. The highest BCUT2D eigenvalue weighted by Gasteiger charge is 2.28. The first kappa shape index (κ1) is 24.3. The molecule has 0 atom stereocenters. The molecule has 1 saturated heterocycles. The minimum absolute atomic E-state index is 0.0514. The number of ether oxygens (including phenoxy) is 1. The van der Waals surface area contributed by atoms with E-state index in [4.69, 9.17) is 9.26 Å². The number of amides is 1. The SMILES string of the molecule is Cc1cccc(-c2noc(N3CCOCC3)c2CN(Cc2ccccc2)C(=O)c2cccc(Br)c2)c1. The van der Waals surface area contributed by atoms with Crippen LogP contribution in [0.2, 0.25) is 0 Å². The lowest BCUT2D eigenvalue weighted by Crippen LogP contribution is -2.37. The number of hydrogen-bond acceptors (Lipinski definition) is 5. The molecule has 0 aliphatic carbocycles. The van der Waals surface area contributed by atoms with E-state index in [0.717, 1.165) is 32.4 Å². The number of carbonyl (C=O) groups is 1. The van der Waals surface area contributed by atoms with Crippen LogP contribution in [0.1, 0.15) is 27.0 Å². The van der Waals surface area contributed by atoms with Gasteiger partial charge in [-0.25, -0.2) is 0 Å². The predicted molar refractivity (Wildman–Crippen MR) is 144 cm³/mol.